The van der Waals surface area contributed by atoms with Gasteiger partial charge in [0.05, 0.1) is 17.3 Å². The second kappa shape index (κ2) is 8.34. The van der Waals surface area contributed by atoms with Crippen molar-refractivity contribution in [2.75, 3.05) is 36.4 Å². The molecule has 1 aromatic heterocycles. The van der Waals surface area contributed by atoms with Gasteiger partial charge in [-0.3, -0.25) is 0 Å². The van der Waals surface area contributed by atoms with Crippen LogP contribution < -0.4 is 15.5 Å². The van der Waals surface area contributed by atoms with Gasteiger partial charge >= 0.3 is 6.18 Å². The van der Waals surface area contributed by atoms with Gasteiger partial charge in [-0.1, -0.05) is 18.2 Å². The minimum Gasteiger partial charge on any atom is -0.369 e. The highest BCUT2D eigenvalue weighted by molar-refractivity contribution is 5.95. The molecule has 2 heterocycles. The maximum absolute atomic E-state index is 13.3. The third-order valence-electron chi connectivity index (χ3n) is 5.93. The van der Waals surface area contributed by atoms with E-state index >= 15 is 0 Å². The lowest BCUT2D eigenvalue weighted by molar-refractivity contribution is -0.138. The van der Waals surface area contributed by atoms with E-state index in [1.54, 1.807) is 6.07 Å². The fourth-order valence-corrected chi connectivity index (χ4v) is 4.22. The van der Waals surface area contributed by atoms with Crippen molar-refractivity contribution in [2.45, 2.75) is 33.0 Å². The van der Waals surface area contributed by atoms with E-state index in [2.05, 4.69) is 37.9 Å². The zero-order chi connectivity index (χ0) is 22.2. The molecule has 164 valence electrons. The van der Waals surface area contributed by atoms with E-state index < -0.39 is 11.7 Å². The summed E-state index contributed by atoms with van der Waals surface area (Å²) < 4.78 is 40.0. The van der Waals surface area contributed by atoms with Crippen molar-refractivity contribution in [1.82, 2.24) is 15.5 Å². The van der Waals surface area contributed by atoms with Gasteiger partial charge in [-0.15, -0.1) is 5.10 Å². The molecule has 5 nitrogen and oxygen atoms in total. The molecule has 0 spiro atoms. The predicted molar refractivity (Wildman–Crippen MR) is 118 cm³/mol. The van der Waals surface area contributed by atoms with Crippen LogP contribution in [0.2, 0.25) is 0 Å². The van der Waals surface area contributed by atoms with Gasteiger partial charge in [0.15, 0.2) is 5.82 Å². The number of alkyl halides is 3. The second-order valence-electron chi connectivity index (χ2n) is 7.98. The largest absolute Gasteiger partial charge is 0.416 e. The highest BCUT2D eigenvalue weighted by Crippen LogP contribution is 2.36. The number of rotatable bonds is 4. The molecule has 1 unspecified atom stereocenters. The van der Waals surface area contributed by atoms with Gasteiger partial charge in [0.25, 0.3) is 0 Å². The minimum atomic E-state index is -4.38. The average molecular weight is 429 g/mol. The van der Waals surface area contributed by atoms with Crippen LogP contribution in [0.25, 0.3) is 10.8 Å². The van der Waals surface area contributed by atoms with Gasteiger partial charge in [-0.25, -0.2) is 0 Å². The summed E-state index contributed by atoms with van der Waals surface area (Å²) >= 11 is 0. The molecule has 0 saturated carbocycles. The Morgan fingerprint density at radius 1 is 1.03 bits per heavy atom. The standard InChI is InChI=1S/C23H26F3N5/c1-14-18(5-4-6-21(14)23(24,25)26)15(2)28-22-20-13-17(31-11-9-27-10-12-31)7-8-19(20)16(3)29-30-22/h4-8,13,15,27H,9-12H2,1-3H3,(H,28,30). The van der Waals surface area contributed by atoms with Gasteiger partial charge in [-0.2, -0.15) is 18.3 Å². The summed E-state index contributed by atoms with van der Waals surface area (Å²) in [4.78, 5) is 2.32. The third-order valence-corrected chi connectivity index (χ3v) is 5.93. The molecule has 0 radical (unpaired) electrons. The Labute approximate surface area is 179 Å². The van der Waals surface area contributed by atoms with Crippen LogP contribution in [0.4, 0.5) is 24.7 Å². The van der Waals surface area contributed by atoms with Crippen LogP contribution in [-0.4, -0.2) is 36.4 Å². The number of hydrogen-bond acceptors (Lipinski definition) is 5. The number of aromatic nitrogens is 2. The van der Waals surface area contributed by atoms with Crippen LogP contribution in [0.5, 0.6) is 0 Å². The average Bonchev–Trinajstić information content (AvgIpc) is 2.75. The molecule has 1 aliphatic heterocycles. The Morgan fingerprint density at radius 2 is 1.77 bits per heavy atom. The lowest BCUT2D eigenvalue weighted by Gasteiger charge is -2.30. The van der Waals surface area contributed by atoms with Gasteiger partial charge in [0.1, 0.15) is 0 Å². The smallest absolute Gasteiger partial charge is 0.369 e. The van der Waals surface area contributed by atoms with E-state index in [-0.39, 0.29) is 11.6 Å². The number of anilines is 2. The third kappa shape index (κ3) is 4.30. The van der Waals surface area contributed by atoms with Crippen LogP contribution in [0.1, 0.15) is 35.3 Å². The van der Waals surface area contributed by atoms with Crippen LogP contribution in [0, 0.1) is 13.8 Å². The van der Waals surface area contributed by atoms with E-state index in [4.69, 9.17) is 0 Å². The summed E-state index contributed by atoms with van der Waals surface area (Å²) in [5.74, 6) is 0.571. The van der Waals surface area contributed by atoms with Crippen LogP contribution in [0.15, 0.2) is 36.4 Å². The molecule has 0 aliphatic carbocycles. The van der Waals surface area contributed by atoms with Crippen molar-refractivity contribution < 1.29 is 13.2 Å². The first-order valence-electron chi connectivity index (χ1n) is 10.4. The molecule has 4 rings (SSSR count). The normalized spacial score (nSPS) is 15.9. The van der Waals surface area contributed by atoms with E-state index in [1.807, 2.05) is 19.9 Å². The Hall–Kier alpha value is -2.87. The summed E-state index contributed by atoms with van der Waals surface area (Å²) in [6.07, 6.45) is -4.38. The van der Waals surface area contributed by atoms with Crippen molar-refractivity contribution in [3.8, 4) is 0 Å². The van der Waals surface area contributed by atoms with Crippen LogP contribution >= 0.6 is 0 Å². The number of hydrogen-bond donors (Lipinski definition) is 2. The zero-order valence-corrected chi connectivity index (χ0v) is 17.8. The van der Waals surface area contributed by atoms with Crippen molar-refractivity contribution in [2.24, 2.45) is 0 Å². The molecular weight excluding hydrogens is 403 g/mol. The van der Waals surface area contributed by atoms with Crippen LogP contribution in [-0.2, 0) is 6.18 Å². The maximum atomic E-state index is 13.3. The molecule has 2 aromatic carbocycles. The summed E-state index contributed by atoms with van der Waals surface area (Å²) in [6.45, 7) is 8.97. The molecular formula is C23H26F3N5. The zero-order valence-electron chi connectivity index (χ0n) is 17.8. The number of aryl methyl sites for hydroxylation is 1. The monoisotopic (exact) mass is 429 g/mol. The number of nitrogens with zero attached hydrogens (tertiary/aromatic N) is 3. The van der Waals surface area contributed by atoms with Crippen molar-refractivity contribution in [3.63, 3.8) is 0 Å². The van der Waals surface area contributed by atoms with Gasteiger partial charge in [0.2, 0.25) is 0 Å². The predicted octanol–water partition coefficient (Wildman–Crippen LogP) is 4.85. The van der Waals surface area contributed by atoms with Crippen molar-refractivity contribution in [1.29, 1.82) is 0 Å². The Kier molecular flexibility index (Phi) is 5.75. The maximum Gasteiger partial charge on any atom is 0.416 e. The first-order valence-corrected chi connectivity index (χ1v) is 10.4. The molecule has 8 heteroatoms. The van der Waals surface area contributed by atoms with Gasteiger partial charge < -0.3 is 15.5 Å². The van der Waals surface area contributed by atoms with E-state index in [0.29, 0.717) is 11.4 Å². The van der Waals surface area contributed by atoms with E-state index in [9.17, 15) is 13.2 Å². The molecule has 3 aromatic rings. The fraction of sp³-hybridized carbons (Fsp3) is 0.391. The molecule has 0 amide bonds. The fourth-order valence-electron chi connectivity index (χ4n) is 4.22. The van der Waals surface area contributed by atoms with E-state index in [1.165, 1.54) is 13.0 Å². The molecule has 0 bridgehead atoms. The Balaban J connectivity index is 1.70. The highest BCUT2D eigenvalue weighted by Gasteiger charge is 2.33. The molecule has 1 fully saturated rings. The summed E-state index contributed by atoms with van der Waals surface area (Å²) in [6, 6.07) is 10.1. The first kappa shape index (κ1) is 21.4. The number of nitrogens with one attached hydrogen (secondary N) is 2. The number of benzene rings is 2. The minimum absolute atomic E-state index is 0.223. The molecule has 1 atom stereocenters. The molecule has 1 aliphatic rings. The topological polar surface area (TPSA) is 53.1 Å². The molecule has 2 N–H and O–H groups in total. The van der Waals surface area contributed by atoms with Crippen molar-refractivity contribution >= 4 is 22.3 Å². The SMILES string of the molecule is Cc1c(C(C)Nc2nnc(C)c3ccc(N4CCNCC4)cc23)cccc1C(F)(F)F. The van der Waals surface area contributed by atoms with Crippen molar-refractivity contribution in [3.05, 3.63) is 58.8 Å². The van der Waals surface area contributed by atoms with Gasteiger partial charge in [0, 0.05) is 42.6 Å². The highest BCUT2D eigenvalue weighted by atomic mass is 19.4. The summed E-state index contributed by atoms with van der Waals surface area (Å²) in [5.41, 5.74) is 2.12. The van der Waals surface area contributed by atoms with E-state index in [0.717, 1.165) is 54.4 Å². The number of fused-ring (bicyclic) bond motifs is 1. The Morgan fingerprint density at radius 3 is 2.48 bits per heavy atom. The summed E-state index contributed by atoms with van der Waals surface area (Å²) in [5, 5.41) is 17.2. The second-order valence-corrected chi connectivity index (χ2v) is 7.98. The Bertz CT molecular complexity index is 1090. The number of piperazine rings is 1. The molecule has 31 heavy (non-hydrogen) atoms. The van der Waals surface area contributed by atoms with Crippen LogP contribution in [0.3, 0.4) is 0 Å². The lowest BCUT2D eigenvalue weighted by Crippen LogP contribution is -2.43. The molecule has 1 saturated heterocycles. The van der Waals surface area contributed by atoms with Gasteiger partial charge in [-0.05, 0) is 50.1 Å². The number of halogens is 3. The summed E-state index contributed by atoms with van der Waals surface area (Å²) in [7, 11) is 0. The first-order chi connectivity index (χ1) is 14.8. The quantitative estimate of drug-likeness (QED) is 0.621. The lowest BCUT2D eigenvalue weighted by atomic mass is 9.97.